The maximum Gasteiger partial charge on any atom is 0.333 e. The van der Waals surface area contributed by atoms with Crippen molar-refractivity contribution in [3.05, 3.63) is 23.3 Å². The van der Waals surface area contributed by atoms with Crippen LogP contribution < -0.4 is 0 Å². The van der Waals surface area contributed by atoms with Gasteiger partial charge in [-0.1, -0.05) is 24.6 Å². The molecule has 3 aliphatic rings. The zero-order chi connectivity index (χ0) is 20.8. The maximum absolute atomic E-state index is 12.5. The summed E-state index contributed by atoms with van der Waals surface area (Å²) in [5.74, 6) is -1.76. The number of hydrogen-bond acceptors (Lipinski definition) is 6. The predicted octanol–water partition coefficient (Wildman–Crippen LogP) is 3.35. The van der Waals surface area contributed by atoms with Crippen molar-refractivity contribution >= 4 is 17.9 Å². The van der Waals surface area contributed by atoms with E-state index < -0.39 is 17.7 Å². The molecule has 2 fully saturated rings. The van der Waals surface area contributed by atoms with E-state index in [0.717, 1.165) is 12.0 Å². The smallest absolute Gasteiger partial charge is 0.333 e. The van der Waals surface area contributed by atoms with Gasteiger partial charge >= 0.3 is 17.9 Å². The van der Waals surface area contributed by atoms with Gasteiger partial charge in [0.25, 0.3) is 0 Å². The molecule has 2 aliphatic carbocycles. The van der Waals surface area contributed by atoms with Crippen molar-refractivity contribution < 1.29 is 28.6 Å². The van der Waals surface area contributed by atoms with Crippen LogP contribution in [0.4, 0.5) is 0 Å². The molecule has 0 aromatic rings. The van der Waals surface area contributed by atoms with Gasteiger partial charge in [0, 0.05) is 36.7 Å². The quantitative estimate of drug-likeness (QED) is 0.318. The largest absolute Gasteiger partial charge is 0.461 e. The Kier molecular flexibility index (Phi) is 5.43. The Balaban J connectivity index is 2.05. The van der Waals surface area contributed by atoms with Gasteiger partial charge in [-0.25, -0.2) is 4.79 Å². The highest BCUT2D eigenvalue weighted by atomic mass is 16.6. The van der Waals surface area contributed by atoms with Crippen molar-refractivity contribution in [1.29, 1.82) is 0 Å². The molecule has 1 saturated carbocycles. The molecule has 0 aromatic heterocycles. The summed E-state index contributed by atoms with van der Waals surface area (Å²) in [5.41, 5.74) is 0.830. The fourth-order valence-corrected chi connectivity index (χ4v) is 5.24. The van der Waals surface area contributed by atoms with E-state index in [1.165, 1.54) is 6.92 Å². The van der Waals surface area contributed by atoms with Gasteiger partial charge in [0.1, 0.15) is 17.8 Å². The minimum atomic E-state index is -0.810. The lowest BCUT2D eigenvalue weighted by molar-refractivity contribution is -0.170. The van der Waals surface area contributed by atoms with Gasteiger partial charge in [0.2, 0.25) is 0 Å². The van der Waals surface area contributed by atoms with Gasteiger partial charge in [-0.15, -0.1) is 0 Å². The van der Waals surface area contributed by atoms with E-state index in [1.54, 1.807) is 19.9 Å². The molecule has 3 rings (SSSR count). The van der Waals surface area contributed by atoms with Gasteiger partial charge in [0.05, 0.1) is 5.92 Å². The van der Waals surface area contributed by atoms with E-state index in [-0.39, 0.29) is 41.7 Å². The van der Waals surface area contributed by atoms with Gasteiger partial charge in [-0.2, -0.15) is 0 Å². The first-order chi connectivity index (χ1) is 13.1. The summed E-state index contributed by atoms with van der Waals surface area (Å²) < 4.78 is 17.5. The van der Waals surface area contributed by atoms with Crippen LogP contribution in [-0.4, -0.2) is 35.7 Å². The Morgan fingerprint density at radius 2 is 2.00 bits per heavy atom. The molecule has 0 aromatic carbocycles. The molecule has 0 N–H and O–H groups in total. The number of fused-ring (bicyclic) bond motifs is 3. The second kappa shape index (κ2) is 7.37. The topological polar surface area (TPSA) is 78.9 Å². The fraction of sp³-hybridized carbons (Fsp3) is 0.682. The zero-order valence-electron chi connectivity index (χ0n) is 17.5. The maximum atomic E-state index is 12.5. The van der Waals surface area contributed by atoms with E-state index in [9.17, 15) is 14.4 Å². The van der Waals surface area contributed by atoms with Crippen LogP contribution in [0.2, 0.25) is 0 Å². The van der Waals surface area contributed by atoms with Crippen LogP contribution in [0.25, 0.3) is 0 Å². The highest BCUT2D eigenvalue weighted by Crippen LogP contribution is 2.54. The summed E-state index contributed by atoms with van der Waals surface area (Å²) >= 11 is 0. The highest BCUT2D eigenvalue weighted by Gasteiger charge is 2.61. The third-order valence-corrected chi connectivity index (χ3v) is 6.80. The van der Waals surface area contributed by atoms with Crippen LogP contribution in [0.3, 0.4) is 0 Å². The molecule has 1 aliphatic heterocycles. The lowest BCUT2D eigenvalue weighted by Gasteiger charge is -2.38. The van der Waals surface area contributed by atoms with Crippen LogP contribution in [-0.2, 0) is 28.6 Å². The van der Waals surface area contributed by atoms with Gasteiger partial charge in [-0.05, 0) is 34.1 Å². The van der Waals surface area contributed by atoms with E-state index in [0.29, 0.717) is 12.0 Å². The summed E-state index contributed by atoms with van der Waals surface area (Å²) in [6, 6.07) is 0. The molecule has 0 unspecified atom stereocenters. The van der Waals surface area contributed by atoms with Crippen molar-refractivity contribution in [1.82, 2.24) is 0 Å². The Hall–Kier alpha value is -2.11. The molecular formula is C22H30O6. The molecule has 28 heavy (non-hydrogen) atoms. The molecule has 0 amide bonds. The van der Waals surface area contributed by atoms with Gasteiger partial charge < -0.3 is 14.2 Å². The average molecular weight is 390 g/mol. The number of esters is 3. The summed E-state index contributed by atoms with van der Waals surface area (Å²) in [4.78, 5) is 36.9. The first-order valence-electron chi connectivity index (χ1n) is 9.99. The van der Waals surface area contributed by atoms with Crippen molar-refractivity contribution in [3.63, 3.8) is 0 Å². The molecule has 1 heterocycles. The van der Waals surface area contributed by atoms with Gasteiger partial charge in [-0.3, -0.25) is 9.59 Å². The molecule has 154 valence electrons. The summed E-state index contributed by atoms with van der Waals surface area (Å²) in [5, 5.41) is 0. The first-order valence-corrected chi connectivity index (χ1v) is 9.99. The highest BCUT2D eigenvalue weighted by molar-refractivity contribution is 5.87. The van der Waals surface area contributed by atoms with E-state index in [1.807, 2.05) is 20.8 Å². The Morgan fingerprint density at radius 3 is 2.61 bits per heavy atom. The summed E-state index contributed by atoms with van der Waals surface area (Å²) in [7, 11) is 0. The summed E-state index contributed by atoms with van der Waals surface area (Å²) in [6.45, 7) is 10.6. The minimum Gasteiger partial charge on any atom is -0.461 e. The van der Waals surface area contributed by atoms with Crippen molar-refractivity contribution in [2.75, 3.05) is 0 Å². The zero-order valence-corrected chi connectivity index (χ0v) is 17.5. The standard InChI is InChI=1S/C22H30O6/c1-7-11(2)20(24)26-16-10-22(6,28-14(5)23)15-9-8-12(3)17(15)19-18(16)13(4)21(25)27-19/h7-8,13,15-19H,9-10H2,1-6H3/b11-7-/t13-,15+,16+,17-,18-,19+,22+/m1/s1. The normalized spacial score (nSPS) is 40.0. The lowest BCUT2D eigenvalue weighted by atomic mass is 9.76. The Morgan fingerprint density at radius 1 is 1.32 bits per heavy atom. The van der Waals surface area contributed by atoms with Crippen molar-refractivity contribution in [2.24, 2.45) is 23.7 Å². The van der Waals surface area contributed by atoms with E-state index in [4.69, 9.17) is 14.2 Å². The number of carbonyl (C=O) groups excluding carboxylic acids is 3. The number of hydrogen-bond donors (Lipinski definition) is 0. The first kappa shape index (κ1) is 20.6. The van der Waals surface area contributed by atoms with Crippen molar-refractivity contribution in [2.45, 2.75) is 72.2 Å². The number of allylic oxidation sites excluding steroid dienone is 2. The molecular weight excluding hydrogens is 360 g/mol. The van der Waals surface area contributed by atoms with Crippen LogP contribution in [0.15, 0.2) is 23.3 Å². The second-order valence-electron chi connectivity index (χ2n) is 8.61. The molecule has 0 radical (unpaired) electrons. The molecule has 6 nitrogen and oxygen atoms in total. The molecule has 0 bridgehead atoms. The third-order valence-electron chi connectivity index (χ3n) is 6.80. The average Bonchev–Trinajstić information content (AvgIpc) is 3.10. The van der Waals surface area contributed by atoms with Crippen LogP contribution >= 0.6 is 0 Å². The lowest BCUT2D eigenvalue weighted by Crippen LogP contribution is -2.44. The number of ether oxygens (including phenoxy) is 3. The SMILES string of the molecule is C/C=C(/C)C(=O)O[C@H]1C[C@](C)(OC(C)=O)[C@H]2CC=C(C)[C@H]2[C@@H]2OC(=O)[C@H](C)[C@@H]21. The van der Waals surface area contributed by atoms with Gasteiger partial charge in [0.15, 0.2) is 0 Å². The second-order valence-corrected chi connectivity index (χ2v) is 8.61. The molecule has 0 spiro atoms. The van der Waals surface area contributed by atoms with E-state index >= 15 is 0 Å². The van der Waals surface area contributed by atoms with Crippen LogP contribution in [0, 0.1) is 23.7 Å². The van der Waals surface area contributed by atoms with Crippen LogP contribution in [0.5, 0.6) is 0 Å². The third kappa shape index (κ3) is 3.38. The minimum absolute atomic E-state index is 0.0199. The monoisotopic (exact) mass is 390 g/mol. The van der Waals surface area contributed by atoms with Crippen molar-refractivity contribution in [3.8, 4) is 0 Å². The molecule has 6 heteroatoms. The molecule has 1 saturated heterocycles. The Labute approximate surface area is 166 Å². The number of rotatable bonds is 3. The van der Waals surface area contributed by atoms with E-state index in [2.05, 4.69) is 6.08 Å². The van der Waals surface area contributed by atoms with Crippen LogP contribution in [0.1, 0.15) is 54.4 Å². The fourth-order valence-electron chi connectivity index (χ4n) is 5.24. The predicted molar refractivity (Wildman–Crippen MR) is 102 cm³/mol. The molecule has 7 atom stereocenters. The Bertz CT molecular complexity index is 750. The summed E-state index contributed by atoms with van der Waals surface area (Å²) in [6.07, 6.45) is 3.97. The number of carbonyl (C=O) groups is 3.